The summed E-state index contributed by atoms with van der Waals surface area (Å²) in [6.07, 6.45) is 10.9. The molecule has 5 nitrogen and oxygen atoms in total. The quantitative estimate of drug-likeness (QED) is 0.790. The summed E-state index contributed by atoms with van der Waals surface area (Å²) in [7, 11) is 0. The number of amides is 1. The first-order valence-corrected chi connectivity index (χ1v) is 9.41. The van der Waals surface area contributed by atoms with Crippen molar-refractivity contribution in [1.29, 1.82) is 0 Å². The summed E-state index contributed by atoms with van der Waals surface area (Å²) in [6.45, 7) is 1.82. The Morgan fingerprint density at radius 2 is 2.24 bits per heavy atom. The molecule has 4 atom stereocenters. The number of hydrogen-bond donors (Lipinski definition) is 0. The number of nitrogens with zero attached hydrogens (tertiary/aromatic N) is 2. The average molecular weight is 342 g/mol. The minimum Gasteiger partial charge on any atom is -0.372 e. The van der Waals surface area contributed by atoms with E-state index in [-0.39, 0.29) is 24.2 Å². The molecule has 1 saturated heterocycles. The molecular weight excluding hydrogens is 316 g/mol. The van der Waals surface area contributed by atoms with Crippen LogP contribution in [-0.2, 0) is 20.9 Å². The monoisotopic (exact) mass is 342 g/mol. The van der Waals surface area contributed by atoms with Crippen molar-refractivity contribution in [1.82, 2.24) is 9.88 Å². The highest BCUT2D eigenvalue weighted by atomic mass is 16.5. The number of ether oxygens (including phenoxy) is 2. The summed E-state index contributed by atoms with van der Waals surface area (Å²) >= 11 is 0. The Kier molecular flexibility index (Phi) is 5.13. The van der Waals surface area contributed by atoms with Crippen molar-refractivity contribution in [3.63, 3.8) is 0 Å². The lowest BCUT2D eigenvalue weighted by atomic mass is 9.92. The molecule has 1 amide bonds. The molecule has 4 rings (SSSR count). The van der Waals surface area contributed by atoms with Crippen LogP contribution in [0.25, 0.3) is 0 Å². The van der Waals surface area contributed by atoms with E-state index in [1.165, 1.54) is 0 Å². The van der Waals surface area contributed by atoms with Crippen LogP contribution in [0.4, 0.5) is 0 Å². The van der Waals surface area contributed by atoms with Crippen molar-refractivity contribution in [3.8, 4) is 0 Å². The SMILES string of the molecule is O=C([C@H]1CC=CCC1)N1CCO[C@H]2[C@@H](OCc3ccccn3)CC[C@@H]21. The number of allylic oxidation sites excluding steroid dienone is 2. The maximum Gasteiger partial charge on any atom is 0.226 e. The molecule has 0 aromatic carbocycles. The molecule has 134 valence electrons. The smallest absolute Gasteiger partial charge is 0.226 e. The van der Waals surface area contributed by atoms with Gasteiger partial charge in [0.2, 0.25) is 5.91 Å². The topological polar surface area (TPSA) is 51.7 Å². The van der Waals surface area contributed by atoms with Crippen LogP contribution >= 0.6 is 0 Å². The largest absolute Gasteiger partial charge is 0.372 e. The van der Waals surface area contributed by atoms with Crippen LogP contribution in [0.3, 0.4) is 0 Å². The Hall–Kier alpha value is -1.72. The van der Waals surface area contributed by atoms with Crippen molar-refractivity contribution in [2.24, 2.45) is 5.92 Å². The molecule has 1 aromatic heterocycles. The third-order valence-corrected chi connectivity index (χ3v) is 5.61. The molecule has 0 radical (unpaired) electrons. The summed E-state index contributed by atoms with van der Waals surface area (Å²) in [6, 6.07) is 6.02. The number of carbonyl (C=O) groups excluding carboxylic acids is 1. The standard InChI is InChI=1S/C20H26N2O3/c23-20(15-6-2-1-3-7-15)22-12-13-24-19-17(22)9-10-18(19)25-14-16-8-4-5-11-21-16/h1-2,4-5,8,11,15,17-19H,3,6-7,9-10,12-14H2/t15-,17-,18-,19+/m0/s1. The first kappa shape index (κ1) is 16.7. The second kappa shape index (κ2) is 7.67. The highest BCUT2D eigenvalue weighted by molar-refractivity contribution is 5.79. The van der Waals surface area contributed by atoms with E-state index in [1.807, 2.05) is 18.2 Å². The molecule has 2 fully saturated rings. The highest BCUT2D eigenvalue weighted by Gasteiger charge is 2.45. The molecule has 25 heavy (non-hydrogen) atoms. The zero-order valence-electron chi connectivity index (χ0n) is 14.5. The number of pyridine rings is 1. The van der Waals surface area contributed by atoms with Gasteiger partial charge in [0.15, 0.2) is 0 Å². The van der Waals surface area contributed by atoms with Crippen molar-refractivity contribution in [2.75, 3.05) is 13.2 Å². The van der Waals surface area contributed by atoms with Crippen molar-refractivity contribution >= 4 is 5.91 Å². The van der Waals surface area contributed by atoms with E-state index in [4.69, 9.17) is 9.47 Å². The molecule has 2 aliphatic carbocycles. The van der Waals surface area contributed by atoms with Crippen LogP contribution in [0.2, 0.25) is 0 Å². The average Bonchev–Trinajstić information content (AvgIpc) is 3.10. The Labute approximate surface area is 149 Å². The van der Waals surface area contributed by atoms with Gasteiger partial charge in [0, 0.05) is 18.7 Å². The minimum atomic E-state index is 0.000505. The summed E-state index contributed by atoms with van der Waals surface area (Å²) in [5.74, 6) is 0.463. The fourth-order valence-corrected chi connectivity index (χ4v) is 4.30. The third-order valence-electron chi connectivity index (χ3n) is 5.61. The summed E-state index contributed by atoms with van der Waals surface area (Å²) in [5, 5.41) is 0. The Morgan fingerprint density at radius 1 is 1.28 bits per heavy atom. The van der Waals surface area contributed by atoms with Gasteiger partial charge in [-0.05, 0) is 44.2 Å². The van der Waals surface area contributed by atoms with Crippen LogP contribution in [0.1, 0.15) is 37.8 Å². The number of aromatic nitrogens is 1. The van der Waals surface area contributed by atoms with E-state index in [2.05, 4.69) is 22.0 Å². The van der Waals surface area contributed by atoms with Crippen molar-refractivity contribution in [3.05, 3.63) is 42.2 Å². The molecule has 0 bridgehead atoms. The fourth-order valence-electron chi connectivity index (χ4n) is 4.30. The molecule has 2 heterocycles. The van der Waals surface area contributed by atoms with E-state index in [0.29, 0.717) is 25.7 Å². The summed E-state index contributed by atoms with van der Waals surface area (Å²) < 4.78 is 12.1. The van der Waals surface area contributed by atoms with Gasteiger partial charge < -0.3 is 14.4 Å². The van der Waals surface area contributed by atoms with Crippen LogP contribution in [-0.4, -0.2) is 47.2 Å². The number of fused-ring (bicyclic) bond motifs is 1. The second-order valence-electron chi connectivity index (χ2n) is 7.16. The zero-order chi connectivity index (χ0) is 17.1. The van der Waals surface area contributed by atoms with E-state index < -0.39 is 0 Å². The van der Waals surface area contributed by atoms with Gasteiger partial charge in [-0.3, -0.25) is 9.78 Å². The molecule has 0 N–H and O–H groups in total. The number of carbonyl (C=O) groups is 1. The fraction of sp³-hybridized carbons (Fsp3) is 0.600. The number of morpholine rings is 1. The molecule has 5 heteroatoms. The van der Waals surface area contributed by atoms with Gasteiger partial charge >= 0.3 is 0 Å². The van der Waals surface area contributed by atoms with Gasteiger partial charge in [-0.25, -0.2) is 0 Å². The van der Waals surface area contributed by atoms with Crippen LogP contribution in [0.15, 0.2) is 36.5 Å². The van der Waals surface area contributed by atoms with Crippen molar-refractivity contribution < 1.29 is 14.3 Å². The van der Waals surface area contributed by atoms with E-state index in [9.17, 15) is 4.79 Å². The maximum absolute atomic E-state index is 13.0. The van der Waals surface area contributed by atoms with E-state index in [0.717, 1.165) is 37.8 Å². The van der Waals surface area contributed by atoms with E-state index in [1.54, 1.807) is 6.20 Å². The molecule has 1 saturated carbocycles. The summed E-state index contributed by atoms with van der Waals surface area (Å²) in [5.41, 5.74) is 0.934. The van der Waals surface area contributed by atoms with Crippen LogP contribution in [0.5, 0.6) is 0 Å². The highest BCUT2D eigenvalue weighted by Crippen LogP contribution is 2.34. The Balaban J connectivity index is 1.38. The lowest BCUT2D eigenvalue weighted by Gasteiger charge is -2.40. The predicted octanol–water partition coefficient (Wildman–Crippen LogP) is 2.71. The van der Waals surface area contributed by atoms with Crippen LogP contribution < -0.4 is 0 Å². The Morgan fingerprint density at radius 3 is 3.04 bits per heavy atom. The van der Waals surface area contributed by atoms with Gasteiger partial charge in [0.1, 0.15) is 6.10 Å². The molecule has 0 spiro atoms. The molecule has 1 aromatic rings. The molecule has 0 unspecified atom stereocenters. The zero-order valence-corrected chi connectivity index (χ0v) is 14.5. The van der Waals surface area contributed by atoms with Crippen molar-refractivity contribution in [2.45, 2.75) is 57.0 Å². The van der Waals surface area contributed by atoms with Gasteiger partial charge in [0.05, 0.1) is 31.1 Å². The number of rotatable bonds is 4. The maximum atomic E-state index is 13.0. The van der Waals surface area contributed by atoms with E-state index >= 15 is 0 Å². The normalized spacial score (nSPS) is 31.8. The first-order chi connectivity index (χ1) is 12.3. The minimum absolute atomic E-state index is 0.000505. The van der Waals surface area contributed by atoms with Gasteiger partial charge in [0.25, 0.3) is 0 Å². The van der Waals surface area contributed by atoms with Gasteiger partial charge in [-0.15, -0.1) is 0 Å². The summed E-state index contributed by atoms with van der Waals surface area (Å²) in [4.78, 5) is 19.4. The third kappa shape index (κ3) is 3.62. The second-order valence-corrected chi connectivity index (χ2v) is 7.16. The lowest BCUT2D eigenvalue weighted by molar-refractivity contribution is -0.156. The Bertz CT molecular complexity index is 619. The number of hydrogen-bond acceptors (Lipinski definition) is 4. The lowest BCUT2D eigenvalue weighted by Crippen LogP contribution is -2.55. The predicted molar refractivity (Wildman–Crippen MR) is 93.8 cm³/mol. The van der Waals surface area contributed by atoms with Gasteiger partial charge in [-0.1, -0.05) is 18.2 Å². The molecule has 3 aliphatic rings. The molecular formula is C20H26N2O3. The van der Waals surface area contributed by atoms with Gasteiger partial charge in [-0.2, -0.15) is 0 Å². The first-order valence-electron chi connectivity index (χ1n) is 9.41. The molecule has 1 aliphatic heterocycles. The van der Waals surface area contributed by atoms with Crippen LogP contribution in [0, 0.1) is 5.92 Å².